The van der Waals surface area contributed by atoms with Gasteiger partial charge in [-0.3, -0.25) is 15.0 Å². The molecule has 4 aromatic heterocycles. The van der Waals surface area contributed by atoms with Crippen LogP contribution in [-0.2, 0) is 50.2 Å². The molecular formula is C70H85IrN3OSi. The summed E-state index contributed by atoms with van der Waals surface area (Å²) in [6.07, 6.45) is 9.18. The second-order valence-electron chi connectivity index (χ2n) is 26.7. The van der Waals surface area contributed by atoms with Gasteiger partial charge in [0, 0.05) is 66.2 Å². The van der Waals surface area contributed by atoms with Gasteiger partial charge in [-0.2, -0.15) is 0 Å². The molecule has 0 aliphatic heterocycles. The zero-order chi connectivity index (χ0) is 54.5. The molecule has 399 valence electrons. The van der Waals surface area contributed by atoms with E-state index in [1.807, 2.05) is 30.6 Å². The fraction of sp³-hybridized carbons (Fsp3) is 0.357. The van der Waals surface area contributed by atoms with Gasteiger partial charge in [-0.05, 0) is 140 Å². The van der Waals surface area contributed by atoms with E-state index >= 15 is 0 Å². The first-order valence-corrected chi connectivity index (χ1v) is 30.7. The van der Waals surface area contributed by atoms with Crippen molar-refractivity contribution in [2.45, 2.75) is 147 Å². The maximum absolute atomic E-state index is 6.58. The molecule has 9 aromatic rings. The van der Waals surface area contributed by atoms with Gasteiger partial charge in [0.2, 0.25) is 0 Å². The Balaban J connectivity index is 0.000000203. The van der Waals surface area contributed by atoms with E-state index in [0.29, 0.717) is 16.7 Å². The van der Waals surface area contributed by atoms with E-state index < -0.39 is 8.07 Å². The molecule has 0 N–H and O–H groups in total. The minimum atomic E-state index is -1.36. The van der Waals surface area contributed by atoms with Crippen molar-refractivity contribution in [1.82, 2.24) is 15.0 Å². The number of aromatic nitrogens is 3. The molecule has 0 aliphatic rings. The minimum absolute atomic E-state index is 0. The van der Waals surface area contributed by atoms with Gasteiger partial charge in [-0.1, -0.05) is 214 Å². The van der Waals surface area contributed by atoms with Gasteiger partial charge >= 0.3 is 0 Å². The number of para-hydroxylation sites is 1. The van der Waals surface area contributed by atoms with Crippen LogP contribution >= 0.6 is 0 Å². The third-order valence-electron chi connectivity index (χ3n) is 13.5. The number of benzene rings is 5. The summed E-state index contributed by atoms with van der Waals surface area (Å²) < 4.78 is 6.58. The summed E-state index contributed by atoms with van der Waals surface area (Å²) in [7, 11) is -1.36. The Bertz CT molecular complexity index is 3310. The molecule has 4 nitrogen and oxygen atoms in total. The van der Waals surface area contributed by atoms with Gasteiger partial charge in [0.05, 0.1) is 25.2 Å². The fourth-order valence-corrected chi connectivity index (χ4v) is 11.3. The summed E-state index contributed by atoms with van der Waals surface area (Å²) >= 11 is 0. The van der Waals surface area contributed by atoms with Gasteiger partial charge in [-0.15, -0.1) is 0 Å². The third-order valence-corrected chi connectivity index (χ3v) is 15.5. The van der Waals surface area contributed by atoms with Crippen LogP contribution in [0.5, 0.6) is 0 Å². The van der Waals surface area contributed by atoms with Crippen molar-refractivity contribution in [3.8, 4) is 44.9 Å². The SMILES string of the molecule is CC(C)(C)Cc1cc(-c2ccccc2)ncc1[Si](C)(C)C.CC(C)(C)Cc1ccnc(-c2ccccc2)c1.CC(C)Cc1ccnc(-c2cccc3c2oc2cc(-c4cc(C(C)(C)C)cc(C(C)(C)C)c4)ccc23)c1.[Ir]. The first kappa shape index (κ1) is 59.5. The molecule has 0 amide bonds. The van der Waals surface area contributed by atoms with Gasteiger partial charge in [0.25, 0.3) is 0 Å². The molecule has 4 heterocycles. The van der Waals surface area contributed by atoms with E-state index in [1.165, 1.54) is 55.3 Å². The maximum Gasteiger partial charge on any atom is 0.144 e. The van der Waals surface area contributed by atoms with E-state index in [0.717, 1.165) is 63.8 Å². The second-order valence-corrected chi connectivity index (χ2v) is 31.7. The molecule has 76 heavy (non-hydrogen) atoms. The first-order valence-electron chi connectivity index (χ1n) is 27.2. The Morgan fingerprint density at radius 2 is 1.01 bits per heavy atom. The zero-order valence-electron chi connectivity index (χ0n) is 48.9. The molecular weight excluding hydrogens is 1120 g/mol. The molecule has 0 saturated carbocycles. The largest absolute Gasteiger partial charge is 0.455 e. The van der Waals surface area contributed by atoms with Crippen LogP contribution < -0.4 is 5.19 Å². The van der Waals surface area contributed by atoms with Gasteiger partial charge in [-0.25, -0.2) is 0 Å². The average Bonchev–Trinajstić information content (AvgIpc) is 3.71. The number of fused-ring (bicyclic) bond motifs is 3. The summed E-state index contributed by atoms with van der Waals surface area (Å²) in [6, 6.07) is 51.8. The van der Waals surface area contributed by atoms with Crippen molar-refractivity contribution < 1.29 is 24.5 Å². The second kappa shape index (κ2) is 24.3. The summed E-state index contributed by atoms with van der Waals surface area (Å²) in [6.45, 7) is 39.1. The topological polar surface area (TPSA) is 51.8 Å². The molecule has 0 saturated heterocycles. The number of hydrogen-bond donors (Lipinski definition) is 0. The summed E-state index contributed by atoms with van der Waals surface area (Å²) in [5.74, 6) is 0.603. The normalized spacial score (nSPS) is 12.2. The van der Waals surface area contributed by atoms with Gasteiger partial charge in [0.15, 0.2) is 0 Å². The number of nitrogens with zero attached hydrogens (tertiary/aromatic N) is 3. The zero-order valence-corrected chi connectivity index (χ0v) is 52.3. The van der Waals surface area contributed by atoms with E-state index in [9.17, 15) is 0 Å². The Morgan fingerprint density at radius 3 is 1.55 bits per heavy atom. The van der Waals surface area contributed by atoms with Crippen molar-refractivity contribution >= 4 is 35.2 Å². The number of rotatable bonds is 9. The molecule has 0 aliphatic carbocycles. The predicted molar refractivity (Wildman–Crippen MR) is 327 cm³/mol. The molecule has 9 rings (SSSR count). The number of pyridine rings is 3. The Morgan fingerprint density at radius 1 is 0.474 bits per heavy atom. The van der Waals surface area contributed by atoms with Crippen molar-refractivity contribution in [2.75, 3.05) is 0 Å². The Kier molecular flexibility index (Phi) is 19.0. The molecule has 0 fully saturated rings. The van der Waals surface area contributed by atoms with Crippen LogP contribution in [0.1, 0.15) is 125 Å². The van der Waals surface area contributed by atoms with E-state index in [2.05, 4.69) is 255 Å². The fourth-order valence-electron chi connectivity index (χ4n) is 9.68. The molecule has 6 heteroatoms. The van der Waals surface area contributed by atoms with Crippen LogP contribution in [-0.4, -0.2) is 23.0 Å². The van der Waals surface area contributed by atoms with E-state index in [4.69, 9.17) is 14.4 Å². The van der Waals surface area contributed by atoms with Gasteiger partial charge < -0.3 is 4.42 Å². The maximum atomic E-state index is 6.58. The van der Waals surface area contributed by atoms with Crippen LogP contribution in [0.3, 0.4) is 0 Å². The van der Waals surface area contributed by atoms with Crippen LogP contribution in [0.4, 0.5) is 0 Å². The molecule has 0 spiro atoms. The quantitative estimate of drug-likeness (QED) is 0.135. The van der Waals surface area contributed by atoms with Crippen LogP contribution in [0.15, 0.2) is 169 Å². The first-order chi connectivity index (χ1) is 35.1. The molecule has 5 aromatic carbocycles. The Hall–Kier alpha value is -5.78. The smallest absolute Gasteiger partial charge is 0.144 e. The molecule has 0 atom stereocenters. The van der Waals surface area contributed by atoms with Crippen LogP contribution in [0.25, 0.3) is 66.8 Å². The summed E-state index contributed by atoms with van der Waals surface area (Å²) in [5.41, 5.74) is 18.4. The van der Waals surface area contributed by atoms with E-state index in [-0.39, 0.29) is 30.9 Å². The minimum Gasteiger partial charge on any atom is -0.455 e. The molecule has 0 unspecified atom stereocenters. The standard InChI is InChI=1S/C35H39NO.C19H27NSi.C16H19N.Ir/c1-22(2)16-23-14-15-36-31(17-23)30-11-9-10-29-28-13-12-24(20-32(28)37-33(29)30)25-18-26(34(3,4)5)21-27(19-25)35(6,7)8;1-19(2,3)13-16-12-17(15-10-8-7-9-11-15)20-14-18(16)21(4,5)6;1-16(2,3)12-13-9-10-17-15(11-13)14-7-5-4-6-8-14;/h9-15,17-22H,16H2,1-8H3;7-12,14H,13H2,1-6H3;4-11H,12H2,1-3H3;. The van der Waals surface area contributed by atoms with Crippen LogP contribution in [0, 0.1) is 16.7 Å². The van der Waals surface area contributed by atoms with Crippen molar-refractivity contribution in [3.05, 3.63) is 192 Å². The summed E-state index contributed by atoms with van der Waals surface area (Å²) in [5, 5.41) is 3.77. The number of furan rings is 1. The van der Waals surface area contributed by atoms with Crippen LogP contribution in [0.2, 0.25) is 19.6 Å². The van der Waals surface area contributed by atoms with E-state index in [1.54, 1.807) is 0 Å². The van der Waals surface area contributed by atoms with Crippen molar-refractivity contribution in [1.29, 1.82) is 0 Å². The molecule has 0 bridgehead atoms. The predicted octanol–water partition coefficient (Wildman–Crippen LogP) is 19.3. The molecule has 1 radical (unpaired) electrons. The Labute approximate surface area is 472 Å². The van der Waals surface area contributed by atoms with Crippen molar-refractivity contribution in [2.24, 2.45) is 16.7 Å². The van der Waals surface area contributed by atoms with Gasteiger partial charge in [0.1, 0.15) is 11.2 Å². The average molecular weight is 1200 g/mol. The van der Waals surface area contributed by atoms with Crippen molar-refractivity contribution in [3.63, 3.8) is 0 Å². The monoisotopic (exact) mass is 1200 g/mol. The summed E-state index contributed by atoms with van der Waals surface area (Å²) in [4.78, 5) is 13.9. The number of hydrogen-bond acceptors (Lipinski definition) is 4. The third kappa shape index (κ3) is 16.1.